The van der Waals surface area contributed by atoms with E-state index >= 15 is 0 Å². The van der Waals surface area contributed by atoms with E-state index in [2.05, 4.69) is 9.88 Å². The molecule has 0 saturated carbocycles. The Morgan fingerprint density at radius 3 is 2.95 bits per heavy atom. The van der Waals surface area contributed by atoms with Crippen molar-refractivity contribution in [2.24, 2.45) is 0 Å². The number of hydrogen-bond donors (Lipinski definition) is 0. The molecule has 0 radical (unpaired) electrons. The number of likely N-dealkylation sites (tertiary alicyclic amines) is 2. The largest absolute Gasteiger partial charge is 0.490 e. The van der Waals surface area contributed by atoms with E-state index in [0.717, 1.165) is 38.2 Å². The van der Waals surface area contributed by atoms with Gasteiger partial charge in [-0.1, -0.05) is 0 Å². The fourth-order valence-electron chi connectivity index (χ4n) is 2.94. The molecule has 2 atom stereocenters. The maximum absolute atomic E-state index is 12.2. The van der Waals surface area contributed by atoms with Crippen LogP contribution in [0.4, 0.5) is 0 Å². The van der Waals surface area contributed by atoms with Gasteiger partial charge in [0.2, 0.25) is 5.91 Å². The monoisotopic (exact) mass is 305 g/mol. The molecule has 0 aromatic carbocycles. The summed E-state index contributed by atoms with van der Waals surface area (Å²) in [6.45, 7) is 3.60. The zero-order valence-corrected chi connectivity index (χ0v) is 13.0. The van der Waals surface area contributed by atoms with Crippen molar-refractivity contribution in [1.29, 1.82) is 0 Å². The molecule has 0 spiro atoms. The van der Waals surface area contributed by atoms with Crippen LogP contribution >= 0.6 is 0 Å². The third kappa shape index (κ3) is 3.56. The summed E-state index contributed by atoms with van der Waals surface area (Å²) in [5, 5.41) is 0. The number of methoxy groups -OCH3 is 1. The van der Waals surface area contributed by atoms with E-state index in [-0.39, 0.29) is 18.1 Å². The predicted molar refractivity (Wildman–Crippen MR) is 81.7 cm³/mol. The smallest absolute Gasteiger partial charge is 0.236 e. The lowest BCUT2D eigenvalue weighted by molar-refractivity contribution is -0.136. The molecular formula is C16H23N3O3. The summed E-state index contributed by atoms with van der Waals surface area (Å²) in [7, 11) is 1.73. The molecule has 6 nitrogen and oxygen atoms in total. The van der Waals surface area contributed by atoms with Gasteiger partial charge < -0.3 is 14.4 Å². The van der Waals surface area contributed by atoms with Crippen LogP contribution < -0.4 is 4.74 Å². The fourth-order valence-corrected chi connectivity index (χ4v) is 2.94. The van der Waals surface area contributed by atoms with E-state index in [1.165, 1.54) is 0 Å². The van der Waals surface area contributed by atoms with E-state index in [9.17, 15) is 4.79 Å². The minimum atomic E-state index is 0.173. The lowest BCUT2D eigenvalue weighted by atomic mass is 10.2. The van der Waals surface area contributed by atoms with Crippen molar-refractivity contribution in [1.82, 2.24) is 14.8 Å². The van der Waals surface area contributed by atoms with E-state index in [4.69, 9.17) is 9.47 Å². The standard InChI is InChI=1S/C16H23N3O3/c1-21-15-8-13(12-22-14-4-2-5-17-9-14)19(10-15)11-16(20)18-6-3-7-18/h2,4-5,9,13,15H,3,6-8,10-12H2,1H3/t13-,15+/m0/s1. The predicted octanol–water partition coefficient (Wildman–Crippen LogP) is 0.782. The second-order valence-corrected chi connectivity index (χ2v) is 5.91. The summed E-state index contributed by atoms with van der Waals surface area (Å²) in [5.74, 6) is 0.978. The Bertz CT molecular complexity index is 493. The van der Waals surface area contributed by atoms with Gasteiger partial charge in [-0.15, -0.1) is 0 Å². The summed E-state index contributed by atoms with van der Waals surface area (Å²) in [6, 6.07) is 3.95. The number of rotatable bonds is 6. The molecule has 0 aliphatic carbocycles. The average molecular weight is 305 g/mol. The molecule has 6 heteroatoms. The molecule has 120 valence electrons. The molecule has 1 amide bonds. The normalized spacial score (nSPS) is 25.0. The zero-order valence-electron chi connectivity index (χ0n) is 13.0. The summed E-state index contributed by atoms with van der Waals surface area (Å²) in [5.41, 5.74) is 0. The molecule has 0 bridgehead atoms. The Hall–Kier alpha value is -1.66. The quantitative estimate of drug-likeness (QED) is 0.777. The van der Waals surface area contributed by atoms with Gasteiger partial charge in [0.15, 0.2) is 0 Å². The highest BCUT2D eigenvalue weighted by Crippen LogP contribution is 2.22. The van der Waals surface area contributed by atoms with Crippen LogP contribution in [0.5, 0.6) is 5.75 Å². The molecular weight excluding hydrogens is 282 g/mol. The summed E-state index contributed by atoms with van der Waals surface area (Å²) < 4.78 is 11.3. The number of aromatic nitrogens is 1. The average Bonchev–Trinajstić information content (AvgIpc) is 2.86. The van der Waals surface area contributed by atoms with Gasteiger partial charge in [-0.3, -0.25) is 14.7 Å². The molecule has 2 aliphatic heterocycles. The Morgan fingerprint density at radius 2 is 2.32 bits per heavy atom. The molecule has 0 N–H and O–H groups in total. The van der Waals surface area contributed by atoms with Gasteiger partial charge in [0.25, 0.3) is 0 Å². The summed E-state index contributed by atoms with van der Waals surface area (Å²) >= 11 is 0. The third-order valence-corrected chi connectivity index (χ3v) is 4.45. The maximum atomic E-state index is 12.2. The Balaban J connectivity index is 1.55. The number of carbonyl (C=O) groups is 1. The third-order valence-electron chi connectivity index (χ3n) is 4.45. The molecule has 2 aliphatic rings. The van der Waals surface area contributed by atoms with Crippen LogP contribution in [-0.2, 0) is 9.53 Å². The molecule has 2 fully saturated rings. The number of pyridine rings is 1. The van der Waals surface area contributed by atoms with Crippen molar-refractivity contribution in [3.8, 4) is 5.75 Å². The Labute approximate surface area is 131 Å². The van der Waals surface area contributed by atoms with Crippen LogP contribution in [0.2, 0.25) is 0 Å². The van der Waals surface area contributed by atoms with Crippen molar-refractivity contribution in [3.63, 3.8) is 0 Å². The molecule has 2 saturated heterocycles. The van der Waals surface area contributed by atoms with Crippen LogP contribution in [0, 0.1) is 0 Å². The highest BCUT2D eigenvalue weighted by atomic mass is 16.5. The van der Waals surface area contributed by atoms with E-state index < -0.39 is 0 Å². The first-order valence-electron chi connectivity index (χ1n) is 7.83. The van der Waals surface area contributed by atoms with Crippen LogP contribution in [0.25, 0.3) is 0 Å². The highest BCUT2D eigenvalue weighted by Gasteiger charge is 2.35. The zero-order chi connectivity index (χ0) is 15.4. The van der Waals surface area contributed by atoms with Gasteiger partial charge in [-0.25, -0.2) is 0 Å². The van der Waals surface area contributed by atoms with Crippen molar-refractivity contribution < 1.29 is 14.3 Å². The van der Waals surface area contributed by atoms with E-state index in [0.29, 0.717) is 13.2 Å². The maximum Gasteiger partial charge on any atom is 0.236 e. The Kier molecular flexibility index (Phi) is 4.90. The van der Waals surface area contributed by atoms with Crippen molar-refractivity contribution in [3.05, 3.63) is 24.5 Å². The van der Waals surface area contributed by atoms with Crippen molar-refractivity contribution >= 4 is 5.91 Å². The number of ether oxygens (including phenoxy) is 2. The van der Waals surface area contributed by atoms with Crippen molar-refractivity contribution in [2.75, 3.05) is 39.9 Å². The topological polar surface area (TPSA) is 54.9 Å². The molecule has 1 aromatic heterocycles. The van der Waals surface area contributed by atoms with Gasteiger partial charge in [0, 0.05) is 39.0 Å². The van der Waals surface area contributed by atoms with Gasteiger partial charge in [-0.2, -0.15) is 0 Å². The molecule has 22 heavy (non-hydrogen) atoms. The van der Waals surface area contributed by atoms with Crippen LogP contribution in [0.3, 0.4) is 0 Å². The summed E-state index contributed by atoms with van der Waals surface area (Å²) in [6.07, 6.45) is 5.62. The van der Waals surface area contributed by atoms with E-state index in [1.807, 2.05) is 17.0 Å². The lowest BCUT2D eigenvalue weighted by Gasteiger charge is -2.33. The van der Waals surface area contributed by atoms with Gasteiger partial charge in [-0.05, 0) is 25.0 Å². The molecule has 3 rings (SSSR count). The second-order valence-electron chi connectivity index (χ2n) is 5.91. The first-order chi connectivity index (χ1) is 10.8. The first kappa shape index (κ1) is 15.2. The van der Waals surface area contributed by atoms with E-state index in [1.54, 1.807) is 19.5 Å². The van der Waals surface area contributed by atoms with Crippen molar-refractivity contribution in [2.45, 2.75) is 25.0 Å². The highest BCUT2D eigenvalue weighted by molar-refractivity contribution is 5.79. The van der Waals surface area contributed by atoms with Crippen LogP contribution in [0.15, 0.2) is 24.5 Å². The van der Waals surface area contributed by atoms with Gasteiger partial charge in [0.1, 0.15) is 12.4 Å². The Morgan fingerprint density at radius 1 is 1.45 bits per heavy atom. The molecule has 1 aromatic rings. The minimum Gasteiger partial charge on any atom is -0.490 e. The van der Waals surface area contributed by atoms with Gasteiger partial charge >= 0.3 is 0 Å². The second kappa shape index (κ2) is 7.07. The lowest BCUT2D eigenvalue weighted by Crippen LogP contribution is -2.48. The number of nitrogens with zero attached hydrogens (tertiary/aromatic N) is 3. The first-order valence-corrected chi connectivity index (χ1v) is 7.83. The molecule has 0 unspecified atom stereocenters. The number of carbonyl (C=O) groups excluding carboxylic acids is 1. The summed E-state index contributed by atoms with van der Waals surface area (Å²) in [4.78, 5) is 20.3. The fraction of sp³-hybridized carbons (Fsp3) is 0.625. The minimum absolute atomic E-state index is 0.173. The van der Waals surface area contributed by atoms with Crippen LogP contribution in [0.1, 0.15) is 12.8 Å². The van der Waals surface area contributed by atoms with Crippen LogP contribution in [-0.4, -0.2) is 72.7 Å². The molecule has 3 heterocycles. The number of amides is 1. The number of hydrogen-bond acceptors (Lipinski definition) is 5. The van der Waals surface area contributed by atoms with Gasteiger partial charge in [0.05, 0.1) is 18.8 Å². The SMILES string of the molecule is CO[C@@H]1C[C@@H](COc2cccnc2)N(CC(=O)N2CCC2)C1.